The molecule has 0 atom stereocenters. The number of fused-ring (bicyclic) bond motifs is 1. The maximum absolute atomic E-state index is 12.1. The van der Waals surface area contributed by atoms with E-state index in [4.69, 9.17) is 9.15 Å². The summed E-state index contributed by atoms with van der Waals surface area (Å²) in [6.45, 7) is 1.76. The van der Waals surface area contributed by atoms with E-state index >= 15 is 0 Å². The quantitative estimate of drug-likeness (QED) is 0.530. The molecule has 1 aromatic heterocycles. The number of ether oxygens (including phenoxy) is 1. The van der Waals surface area contributed by atoms with Crippen LogP contribution in [0.4, 0.5) is 0 Å². The van der Waals surface area contributed by atoms with E-state index in [2.05, 4.69) is 0 Å². The van der Waals surface area contributed by atoms with Crippen LogP contribution in [0.15, 0.2) is 59.0 Å². The minimum atomic E-state index is -0.780. The molecule has 21 heavy (non-hydrogen) atoms. The van der Waals surface area contributed by atoms with Crippen LogP contribution in [0.5, 0.6) is 0 Å². The average molecular weight is 280 g/mol. The Hall–Kier alpha value is -2.88. The minimum absolute atomic E-state index is 0.0560. The second-order valence-corrected chi connectivity index (χ2v) is 4.60. The highest BCUT2D eigenvalue weighted by atomic mass is 16.6. The third-order valence-electron chi connectivity index (χ3n) is 3.22. The molecule has 3 rings (SSSR count). The summed E-state index contributed by atoms with van der Waals surface area (Å²) in [6, 6.07) is 15.6. The molecule has 0 bridgehead atoms. The van der Waals surface area contributed by atoms with Gasteiger partial charge in [0, 0.05) is 10.9 Å². The third-order valence-corrected chi connectivity index (χ3v) is 3.22. The molecule has 104 valence electrons. The van der Waals surface area contributed by atoms with Crippen LogP contribution in [-0.2, 0) is 4.74 Å². The number of esters is 2. The zero-order valence-electron chi connectivity index (χ0n) is 11.3. The lowest BCUT2D eigenvalue weighted by Gasteiger charge is -2.01. The lowest BCUT2D eigenvalue weighted by atomic mass is 10.1. The molecule has 0 amide bonds. The van der Waals surface area contributed by atoms with Gasteiger partial charge in [0.25, 0.3) is 0 Å². The lowest BCUT2D eigenvalue weighted by molar-refractivity contribution is 0.0376. The molecule has 4 nitrogen and oxygen atoms in total. The van der Waals surface area contributed by atoms with Crippen molar-refractivity contribution in [2.24, 2.45) is 0 Å². The fourth-order valence-electron chi connectivity index (χ4n) is 2.13. The molecule has 0 radical (unpaired) electrons. The standard InChI is InChI=1S/C17H12O4/c1-11-13-9-5-6-10-14(13)20-15(11)17(19)21-16(18)12-7-3-2-4-8-12/h2-10H,1H3. The first kappa shape index (κ1) is 13.1. The van der Waals surface area contributed by atoms with E-state index in [0.29, 0.717) is 16.7 Å². The molecule has 2 aromatic carbocycles. The molecule has 0 aliphatic heterocycles. The SMILES string of the molecule is Cc1c(C(=O)OC(=O)c2ccccc2)oc2ccccc12. The van der Waals surface area contributed by atoms with Crippen molar-refractivity contribution in [1.29, 1.82) is 0 Å². The Bertz CT molecular complexity index is 815. The largest absolute Gasteiger partial charge is 0.449 e. The summed E-state index contributed by atoms with van der Waals surface area (Å²) in [7, 11) is 0. The predicted molar refractivity (Wildman–Crippen MR) is 77.1 cm³/mol. The number of carbonyl (C=O) groups excluding carboxylic acids is 2. The van der Waals surface area contributed by atoms with Gasteiger partial charge in [0.2, 0.25) is 5.76 Å². The number of para-hydroxylation sites is 1. The highest BCUT2D eigenvalue weighted by Gasteiger charge is 2.22. The van der Waals surface area contributed by atoms with E-state index < -0.39 is 11.9 Å². The summed E-state index contributed by atoms with van der Waals surface area (Å²) < 4.78 is 10.3. The van der Waals surface area contributed by atoms with Crippen molar-refractivity contribution in [3.8, 4) is 0 Å². The van der Waals surface area contributed by atoms with Gasteiger partial charge in [-0.15, -0.1) is 0 Å². The number of rotatable bonds is 2. The smallest absolute Gasteiger partial charge is 0.382 e. The Morgan fingerprint density at radius 1 is 0.905 bits per heavy atom. The molecule has 0 saturated heterocycles. The van der Waals surface area contributed by atoms with Gasteiger partial charge >= 0.3 is 11.9 Å². The Balaban J connectivity index is 1.88. The molecule has 0 unspecified atom stereocenters. The van der Waals surface area contributed by atoms with E-state index in [9.17, 15) is 9.59 Å². The zero-order chi connectivity index (χ0) is 14.8. The molecule has 3 aromatic rings. The molecular weight excluding hydrogens is 268 g/mol. The molecule has 1 heterocycles. The van der Waals surface area contributed by atoms with E-state index in [1.165, 1.54) is 0 Å². The van der Waals surface area contributed by atoms with Crippen molar-refractivity contribution in [3.05, 3.63) is 71.5 Å². The van der Waals surface area contributed by atoms with Gasteiger partial charge in [-0.1, -0.05) is 36.4 Å². The number of furan rings is 1. The Morgan fingerprint density at radius 3 is 2.29 bits per heavy atom. The first-order valence-electron chi connectivity index (χ1n) is 6.46. The van der Waals surface area contributed by atoms with Crippen LogP contribution in [0.1, 0.15) is 26.5 Å². The predicted octanol–water partition coefficient (Wildman–Crippen LogP) is 3.74. The molecule has 0 fully saturated rings. The van der Waals surface area contributed by atoms with Crippen molar-refractivity contribution in [2.45, 2.75) is 6.92 Å². The summed E-state index contributed by atoms with van der Waals surface area (Å²) in [5.74, 6) is -1.42. The van der Waals surface area contributed by atoms with E-state index in [1.807, 2.05) is 18.2 Å². The topological polar surface area (TPSA) is 56.5 Å². The van der Waals surface area contributed by atoms with Gasteiger partial charge in [-0.25, -0.2) is 9.59 Å². The molecule has 0 N–H and O–H groups in total. The molecule has 0 spiro atoms. The number of hydrogen-bond donors (Lipinski definition) is 0. The maximum atomic E-state index is 12.1. The monoisotopic (exact) mass is 280 g/mol. The lowest BCUT2D eigenvalue weighted by Crippen LogP contribution is -2.12. The van der Waals surface area contributed by atoms with Crippen LogP contribution in [0.3, 0.4) is 0 Å². The Morgan fingerprint density at radius 2 is 1.57 bits per heavy atom. The molecule has 0 aliphatic carbocycles. The summed E-state index contributed by atoms with van der Waals surface area (Å²) in [4.78, 5) is 24.0. The average Bonchev–Trinajstić information content (AvgIpc) is 2.86. The van der Waals surface area contributed by atoms with E-state index in [0.717, 1.165) is 5.39 Å². The van der Waals surface area contributed by atoms with Crippen LogP contribution >= 0.6 is 0 Å². The van der Waals surface area contributed by atoms with Gasteiger partial charge < -0.3 is 9.15 Å². The van der Waals surface area contributed by atoms with Crippen molar-refractivity contribution in [3.63, 3.8) is 0 Å². The van der Waals surface area contributed by atoms with Gasteiger partial charge in [0.05, 0.1) is 5.56 Å². The molecule has 0 aliphatic rings. The van der Waals surface area contributed by atoms with Crippen LogP contribution < -0.4 is 0 Å². The fourth-order valence-corrected chi connectivity index (χ4v) is 2.13. The number of benzene rings is 2. The van der Waals surface area contributed by atoms with Crippen molar-refractivity contribution in [2.75, 3.05) is 0 Å². The van der Waals surface area contributed by atoms with Gasteiger partial charge in [0.15, 0.2) is 0 Å². The third kappa shape index (κ3) is 2.43. The molecule has 0 saturated carbocycles. The van der Waals surface area contributed by atoms with Crippen molar-refractivity contribution < 1.29 is 18.7 Å². The number of hydrogen-bond acceptors (Lipinski definition) is 4. The minimum Gasteiger partial charge on any atom is -0.449 e. The Labute approximate surface area is 120 Å². The zero-order valence-corrected chi connectivity index (χ0v) is 11.3. The van der Waals surface area contributed by atoms with Crippen molar-refractivity contribution in [1.82, 2.24) is 0 Å². The van der Waals surface area contributed by atoms with Crippen LogP contribution in [-0.4, -0.2) is 11.9 Å². The normalized spacial score (nSPS) is 10.5. The van der Waals surface area contributed by atoms with E-state index in [1.54, 1.807) is 43.3 Å². The van der Waals surface area contributed by atoms with Gasteiger partial charge in [0.1, 0.15) is 5.58 Å². The highest BCUT2D eigenvalue weighted by Crippen LogP contribution is 2.25. The summed E-state index contributed by atoms with van der Waals surface area (Å²) >= 11 is 0. The van der Waals surface area contributed by atoms with Crippen molar-refractivity contribution >= 4 is 22.9 Å². The number of carbonyl (C=O) groups is 2. The molecule has 4 heteroatoms. The van der Waals surface area contributed by atoms with Crippen LogP contribution in [0, 0.1) is 6.92 Å². The summed E-state index contributed by atoms with van der Waals surface area (Å²) in [6.07, 6.45) is 0. The first-order valence-corrected chi connectivity index (χ1v) is 6.46. The number of aryl methyl sites for hydroxylation is 1. The maximum Gasteiger partial charge on any atom is 0.382 e. The first-order chi connectivity index (χ1) is 10.2. The van der Waals surface area contributed by atoms with E-state index in [-0.39, 0.29) is 5.76 Å². The fraction of sp³-hybridized carbons (Fsp3) is 0.0588. The highest BCUT2D eigenvalue weighted by molar-refractivity contribution is 6.04. The molecular formula is C17H12O4. The van der Waals surface area contributed by atoms with Gasteiger partial charge in [-0.3, -0.25) is 0 Å². The van der Waals surface area contributed by atoms with Gasteiger partial charge in [-0.05, 0) is 25.1 Å². The second kappa shape index (κ2) is 5.25. The summed E-state index contributed by atoms with van der Waals surface area (Å²) in [5, 5.41) is 0.830. The van der Waals surface area contributed by atoms with Crippen LogP contribution in [0.2, 0.25) is 0 Å². The summed E-state index contributed by atoms with van der Waals surface area (Å²) in [5.41, 5.74) is 1.57. The second-order valence-electron chi connectivity index (χ2n) is 4.60. The van der Waals surface area contributed by atoms with Gasteiger partial charge in [-0.2, -0.15) is 0 Å². The van der Waals surface area contributed by atoms with Crippen LogP contribution in [0.25, 0.3) is 11.0 Å². The Kier molecular flexibility index (Phi) is 3.28.